The molecule has 45 heavy (non-hydrogen) atoms. The highest BCUT2D eigenvalue weighted by Gasteiger charge is 2.39. The van der Waals surface area contributed by atoms with Crippen LogP contribution in [0.15, 0.2) is 37.1 Å². The second-order valence-corrected chi connectivity index (χ2v) is 9.84. The molecule has 1 fully saturated rings. The van der Waals surface area contributed by atoms with Gasteiger partial charge in [0.25, 0.3) is 0 Å². The van der Waals surface area contributed by atoms with Gasteiger partial charge < -0.3 is 30.2 Å². The van der Waals surface area contributed by atoms with Crippen LogP contribution in [0.1, 0.15) is 31.4 Å². The number of methoxy groups -OCH3 is 1. The number of nitrogens with zero attached hydrogens (tertiary/aromatic N) is 5. The quantitative estimate of drug-likeness (QED) is 0.189. The van der Waals surface area contributed by atoms with E-state index in [4.69, 9.17) is 41.1 Å². The fourth-order valence-electron chi connectivity index (χ4n) is 4.49. The van der Waals surface area contributed by atoms with Crippen molar-refractivity contribution >= 4 is 57.1 Å². The molecular formula is C26H26ClF6N7O5. The molecule has 1 aromatic carbocycles. The van der Waals surface area contributed by atoms with Crippen molar-refractivity contribution in [1.29, 1.82) is 0 Å². The number of anilines is 2. The summed E-state index contributed by atoms with van der Waals surface area (Å²) >= 11 is 6.71. The zero-order valence-corrected chi connectivity index (χ0v) is 24.2. The van der Waals surface area contributed by atoms with E-state index in [9.17, 15) is 26.3 Å². The maximum absolute atomic E-state index is 10.6. The van der Waals surface area contributed by atoms with E-state index in [-0.39, 0.29) is 6.04 Å². The predicted octanol–water partition coefficient (Wildman–Crippen LogP) is 5.61. The van der Waals surface area contributed by atoms with Gasteiger partial charge in [0.15, 0.2) is 11.5 Å². The molecule has 3 aromatic heterocycles. The van der Waals surface area contributed by atoms with Crippen molar-refractivity contribution in [2.45, 2.75) is 44.2 Å². The third kappa shape index (κ3) is 8.81. The standard InChI is InChI=1S/C22H24ClN7O.2C2HF3O2/c1-13(29-22-19-21(26-11-25-19)27-12-28-22)16-9-17(23)15-6-3-7-24-18(15)20(16)30-8-4-5-14(30)10-31-2;2*3-2(4,5)1(6)7/h3,6-7,9,11-14H,4-5,8,10H2,1-2H3,(H2,25,26,27,28,29);2*(H,6,7)/t13?,14-;;/m1../s1. The molecule has 0 bridgehead atoms. The number of benzene rings is 1. The average molecular weight is 666 g/mol. The number of aromatic amines is 1. The first kappa shape index (κ1) is 35.0. The van der Waals surface area contributed by atoms with Gasteiger partial charge in [-0.2, -0.15) is 26.3 Å². The number of ether oxygens (including phenoxy) is 1. The number of carboxylic acid groups (broad SMARTS) is 2. The van der Waals surface area contributed by atoms with E-state index >= 15 is 0 Å². The second kappa shape index (κ2) is 14.6. The first-order valence-electron chi connectivity index (χ1n) is 12.9. The van der Waals surface area contributed by atoms with Crippen molar-refractivity contribution in [3.63, 3.8) is 0 Å². The Hall–Kier alpha value is -4.45. The van der Waals surface area contributed by atoms with Gasteiger partial charge in [-0.1, -0.05) is 11.6 Å². The lowest BCUT2D eigenvalue weighted by Crippen LogP contribution is -2.34. The normalized spacial score (nSPS) is 15.6. The first-order chi connectivity index (χ1) is 21.1. The number of pyridine rings is 1. The van der Waals surface area contributed by atoms with Crippen LogP contribution in [0.3, 0.4) is 0 Å². The summed E-state index contributed by atoms with van der Waals surface area (Å²) in [5.41, 5.74) is 4.50. The topological polar surface area (TPSA) is 166 Å². The maximum atomic E-state index is 10.6. The van der Waals surface area contributed by atoms with Crippen LogP contribution in [0.5, 0.6) is 0 Å². The Balaban J connectivity index is 0.000000331. The molecule has 244 valence electrons. The highest BCUT2D eigenvalue weighted by Crippen LogP contribution is 2.41. The van der Waals surface area contributed by atoms with Crippen LogP contribution in [0.2, 0.25) is 5.02 Å². The Kier molecular flexibility index (Phi) is 11.3. The van der Waals surface area contributed by atoms with Gasteiger partial charge in [-0.05, 0) is 38.0 Å². The molecule has 0 aliphatic carbocycles. The maximum Gasteiger partial charge on any atom is 0.490 e. The van der Waals surface area contributed by atoms with Crippen LogP contribution in [0.25, 0.3) is 22.1 Å². The Morgan fingerprint density at radius 2 is 1.78 bits per heavy atom. The smallest absolute Gasteiger partial charge is 0.475 e. The molecule has 19 heteroatoms. The lowest BCUT2D eigenvalue weighted by atomic mass is 10.0. The number of alkyl halides is 6. The Morgan fingerprint density at radius 1 is 1.13 bits per heavy atom. The third-order valence-corrected chi connectivity index (χ3v) is 6.71. The molecule has 4 aromatic rings. The molecular weight excluding hydrogens is 640 g/mol. The average Bonchev–Trinajstić information content (AvgIpc) is 3.63. The number of carbonyl (C=O) groups is 2. The Bertz CT molecular complexity index is 1610. The fraction of sp³-hybridized carbons (Fsp3) is 0.385. The van der Waals surface area contributed by atoms with Crippen molar-refractivity contribution in [1.82, 2.24) is 24.9 Å². The molecule has 4 N–H and O–H groups in total. The number of nitrogens with one attached hydrogen (secondary N) is 2. The summed E-state index contributed by atoms with van der Waals surface area (Å²) < 4.78 is 69.0. The lowest BCUT2D eigenvalue weighted by molar-refractivity contribution is -0.193. The number of rotatable bonds is 6. The van der Waals surface area contributed by atoms with E-state index in [0.29, 0.717) is 29.1 Å². The van der Waals surface area contributed by atoms with Crippen LogP contribution < -0.4 is 10.2 Å². The molecule has 0 saturated carbocycles. The van der Waals surface area contributed by atoms with Crippen molar-refractivity contribution in [2.24, 2.45) is 0 Å². The highest BCUT2D eigenvalue weighted by atomic mass is 35.5. The Morgan fingerprint density at radius 3 is 2.38 bits per heavy atom. The number of halogens is 7. The van der Waals surface area contributed by atoms with E-state index in [1.807, 2.05) is 24.4 Å². The minimum atomic E-state index is -5.08. The number of aliphatic carboxylic acids is 2. The molecule has 0 radical (unpaired) electrons. The molecule has 4 heterocycles. The van der Waals surface area contributed by atoms with Gasteiger partial charge >= 0.3 is 24.3 Å². The molecule has 0 spiro atoms. The summed E-state index contributed by atoms with van der Waals surface area (Å²) in [6.07, 6.45) is -3.00. The largest absolute Gasteiger partial charge is 0.490 e. The first-order valence-corrected chi connectivity index (χ1v) is 13.3. The van der Waals surface area contributed by atoms with E-state index in [1.54, 1.807) is 13.4 Å². The van der Waals surface area contributed by atoms with Gasteiger partial charge in [-0.15, -0.1) is 0 Å². The molecule has 1 unspecified atom stereocenters. The zero-order chi connectivity index (χ0) is 33.5. The van der Waals surface area contributed by atoms with Gasteiger partial charge in [-0.25, -0.2) is 24.5 Å². The van der Waals surface area contributed by atoms with Crippen molar-refractivity contribution in [3.8, 4) is 0 Å². The number of aromatic nitrogens is 5. The van der Waals surface area contributed by atoms with Crippen molar-refractivity contribution in [2.75, 3.05) is 30.5 Å². The van der Waals surface area contributed by atoms with E-state index in [2.05, 4.69) is 37.1 Å². The van der Waals surface area contributed by atoms with Crippen LogP contribution in [0, 0.1) is 0 Å². The summed E-state index contributed by atoms with van der Waals surface area (Å²) in [6.45, 7) is 3.74. The van der Waals surface area contributed by atoms with Crippen LogP contribution in [-0.2, 0) is 14.3 Å². The summed E-state index contributed by atoms with van der Waals surface area (Å²) in [4.78, 5) is 40.9. The van der Waals surface area contributed by atoms with Gasteiger partial charge in [-0.3, -0.25) is 4.98 Å². The van der Waals surface area contributed by atoms with E-state index < -0.39 is 24.3 Å². The van der Waals surface area contributed by atoms with Crippen LogP contribution in [-0.4, -0.2) is 85.7 Å². The zero-order valence-electron chi connectivity index (χ0n) is 23.4. The molecule has 1 saturated heterocycles. The fourth-order valence-corrected chi connectivity index (χ4v) is 4.76. The molecule has 1 aliphatic rings. The summed E-state index contributed by atoms with van der Waals surface area (Å²) in [5.74, 6) is -4.81. The molecule has 2 atom stereocenters. The van der Waals surface area contributed by atoms with Gasteiger partial charge in [0.05, 0.1) is 41.2 Å². The monoisotopic (exact) mass is 665 g/mol. The Labute approximate surface area is 255 Å². The van der Waals surface area contributed by atoms with Gasteiger partial charge in [0.1, 0.15) is 11.8 Å². The van der Waals surface area contributed by atoms with Gasteiger partial charge in [0.2, 0.25) is 0 Å². The van der Waals surface area contributed by atoms with Crippen molar-refractivity contribution < 1.29 is 50.9 Å². The minimum absolute atomic E-state index is 0.0795. The molecule has 12 nitrogen and oxygen atoms in total. The second-order valence-electron chi connectivity index (χ2n) is 9.44. The highest BCUT2D eigenvalue weighted by molar-refractivity contribution is 6.36. The van der Waals surface area contributed by atoms with E-state index in [1.165, 1.54) is 6.33 Å². The minimum Gasteiger partial charge on any atom is -0.475 e. The third-order valence-electron chi connectivity index (χ3n) is 6.40. The number of carboxylic acids is 2. The van der Waals surface area contributed by atoms with Crippen LogP contribution in [0.4, 0.5) is 37.8 Å². The summed E-state index contributed by atoms with van der Waals surface area (Å²) in [5, 5.41) is 19.4. The predicted molar refractivity (Wildman–Crippen MR) is 150 cm³/mol. The lowest BCUT2D eigenvalue weighted by Gasteiger charge is -2.31. The SMILES string of the molecule is COC[C@H]1CCCN1c1c(C(C)Nc2ncnc3nc[nH]c23)cc(Cl)c2cccnc12.O=C(O)C(F)(F)F.O=C(O)C(F)(F)F. The summed E-state index contributed by atoms with van der Waals surface area (Å²) in [6, 6.07) is 6.22. The molecule has 0 amide bonds. The molecule has 1 aliphatic heterocycles. The summed E-state index contributed by atoms with van der Waals surface area (Å²) in [7, 11) is 1.75. The molecule has 5 rings (SSSR count). The van der Waals surface area contributed by atoms with Gasteiger partial charge in [0, 0.05) is 30.8 Å². The number of imidazole rings is 1. The van der Waals surface area contributed by atoms with Crippen LogP contribution >= 0.6 is 11.6 Å². The number of hydrogen-bond acceptors (Lipinski definition) is 9. The number of fused-ring (bicyclic) bond motifs is 2. The van der Waals surface area contributed by atoms with Crippen molar-refractivity contribution in [3.05, 3.63) is 47.6 Å². The number of hydrogen-bond donors (Lipinski definition) is 4. The van der Waals surface area contributed by atoms with E-state index in [0.717, 1.165) is 47.1 Å². The number of H-pyrrole nitrogens is 1.